The lowest BCUT2D eigenvalue weighted by Gasteiger charge is -2.14. The highest BCUT2D eigenvalue weighted by Gasteiger charge is 2.19. The zero-order valence-electron chi connectivity index (χ0n) is 13.3. The fourth-order valence-electron chi connectivity index (χ4n) is 2.41. The van der Waals surface area contributed by atoms with E-state index in [2.05, 4.69) is 5.32 Å². The molecule has 2 aromatic rings. The fraction of sp³-hybridized carbons (Fsp3) is 0.278. The van der Waals surface area contributed by atoms with Crippen LogP contribution in [-0.2, 0) is 20.4 Å². The van der Waals surface area contributed by atoms with E-state index in [1.165, 1.54) is 0 Å². The minimum Gasteiger partial charge on any atom is -0.349 e. The van der Waals surface area contributed by atoms with Gasteiger partial charge in [0.1, 0.15) is 5.75 Å². The second kappa shape index (κ2) is 7.42. The van der Waals surface area contributed by atoms with E-state index in [1.807, 2.05) is 62.4 Å². The van der Waals surface area contributed by atoms with Crippen LogP contribution in [0.5, 0.6) is 0 Å². The molecule has 0 fully saturated rings. The first kappa shape index (κ1) is 17.2. The minimum absolute atomic E-state index is 0.123. The molecule has 23 heavy (non-hydrogen) atoms. The number of amides is 1. The third-order valence-electron chi connectivity index (χ3n) is 3.50. The van der Waals surface area contributed by atoms with Crippen LogP contribution in [0, 0.1) is 6.92 Å². The second-order valence-corrected chi connectivity index (χ2v) is 7.79. The Bertz CT molecular complexity index is 770. The molecule has 0 radical (unpaired) electrons. The third kappa shape index (κ3) is 5.53. The van der Waals surface area contributed by atoms with Gasteiger partial charge in [-0.25, -0.2) is 8.42 Å². The predicted molar refractivity (Wildman–Crippen MR) is 91.7 cm³/mol. The Balaban J connectivity index is 1.96. The number of sulfone groups is 1. The summed E-state index contributed by atoms with van der Waals surface area (Å²) in [6.07, 6.45) is 0. The molecule has 1 amide bonds. The molecule has 1 N–H and O–H groups in total. The van der Waals surface area contributed by atoms with Gasteiger partial charge >= 0.3 is 0 Å². The highest BCUT2D eigenvalue weighted by molar-refractivity contribution is 7.91. The first-order chi connectivity index (χ1) is 10.9. The van der Waals surface area contributed by atoms with Crippen LogP contribution in [0.4, 0.5) is 0 Å². The lowest BCUT2D eigenvalue weighted by molar-refractivity contribution is -0.119. The molecule has 0 aromatic heterocycles. The standard InChI is InChI=1S/C18H21NO3S/c1-14-7-6-8-16(11-14)12-23(21,22)13-18(20)19-15(2)17-9-4-3-5-10-17/h3-11,15H,12-13H2,1-2H3,(H,19,20). The summed E-state index contributed by atoms with van der Waals surface area (Å²) in [7, 11) is -3.49. The molecule has 0 aliphatic rings. The molecule has 2 rings (SSSR count). The molecule has 122 valence electrons. The van der Waals surface area contributed by atoms with Gasteiger partial charge in [0, 0.05) is 0 Å². The second-order valence-electron chi connectivity index (χ2n) is 5.72. The monoisotopic (exact) mass is 331 g/mol. The van der Waals surface area contributed by atoms with Crippen molar-refractivity contribution in [3.63, 3.8) is 0 Å². The maximum Gasteiger partial charge on any atom is 0.235 e. The van der Waals surface area contributed by atoms with Crippen molar-refractivity contribution in [3.05, 3.63) is 71.3 Å². The molecule has 2 aromatic carbocycles. The first-order valence-corrected chi connectivity index (χ1v) is 9.28. The van der Waals surface area contributed by atoms with Crippen LogP contribution in [-0.4, -0.2) is 20.1 Å². The van der Waals surface area contributed by atoms with Gasteiger partial charge in [-0.1, -0.05) is 60.2 Å². The molecule has 0 spiro atoms. The smallest absolute Gasteiger partial charge is 0.235 e. The average Bonchev–Trinajstić information content (AvgIpc) is 2.46. The summed E-state index contributed by atoms with van der Waals surface area (Å²) in [5.74, 6) is -1.10. The van der Waals surface area contributed by atoms with Gasteiger partial charge in [-0.2, -0.15) is 0 Å². The number of hydrogen-bond acceptors (Lipinski definition) is 3. The SMILES string of the molecule is Cc1cccc(CS(=O)(=O)CC(=O)NC(C)c2ccccc2)c1. The Kier molecular flexibility index (Phi) is 5.55. The summed E-state index contributed by atoms with van der Waals surface area (Å²) in [6, 6.07) is 16.5. The van der Waals surface area contributed by atoms with Gasteiger partial charge < -0.3 is 5.32 Å². The summed E-state index contributed by atoms with van der Waals surface area (Å²) in [4.78, 5) is 12.0. The van der Waals surface area contributed by atoms with Crippen molar-refractivity contribution in [2.24, 2.45) is 0 Å². The number of carbonyl (C=O) groups is 1. The highest BCUT2D eigenvalue weighted by Crippen LogP contribution is 2.12. The van der Waals surface area contributed by atoms with E-state index in [9.17, 15) is 13.2 Å². The fourth-order valence-corrected chi connectivity index (χ4v) is 3.69. The van der Waals surface area contributed by atoms with E-state index >= 15 is 0 Å². The molecule has 0 bridgehead atoms. The number of hydrogen-bond donors (Lipinski definition) is 1. The zero-order chi connectivity index (χ0) is 16.9. The van der Waals surface area contributed by atoms with Crippen molar-refractivity contribution in [2.75, 3.05) is 5.75 Å². The number of aryl methyl sites for hydroxylation is 1. The van der Waals surface area contributed by atoms with Gasteiger partial charge in [0.05, 0.1) is 11.8 Å². The quantitative estimate of drug-likeness (QED) is 0.885. The van der Waals surface area contributed by atoms with Gasteiger partial charge in [-0.3, -0.25) is 4.79 Å². The average molecular weight is 331 g/mol. The zero-order valence-corrected chi connectivity index (χ0v) is 14.1. The number of benzene rings is 2. The van der Waals surface area contributed by atoms with Gasteiger partial charge in [0.25, 0.3) is 0 Å². The lowest BCUT2D eigenvalue weighted by Crippen LogP contribution is -2.32. The van der Waals surface area contributed by atoms with Crippen molar-refractivity contribution in [1.82, 2.24) is 5.32 Å². The van der Waals surface area contributed by atoms with E-state index in [0.29, 0.717) is 5.56 Å². The minimum atomic E-state index is -3.49. The predicted octanol–water partition coefficient (Wildman–Crippen LogP) is 2.79. The van der Waals surface area contributed by atoms with E-state index < -0.39 is 21.5 Å². The number of nitrogens with one attached hydrogen (secondary N) is 1. The summed E-state index contributed by atoms with van der Waals surface area (Å²) in [5, 5.41) is 2.73. The third-order valence-corrected chi connectivity index (χ3v) is 4.97. The first-order valence-electron chi connectivity index (χ1n) is 7.46. The van der Waals surface area contributed by atoms with Crippen LogP contribution in [0.3, 0.4) is 0 Å². The van der Waals surface area contributed by atoms with Crippen molar-refractivity contribution in [3.8, 4) is 0 Å². The van der Waals surface area contributed by atoms with Crippen molar-refractivity contribution in [2.45, 2.75) is 25.6 Å². The van der Waals surface area contributed by atoms with Crippen LogP contribution in [0.2, 0.25) is 0 Å². The van der Waals surface area contributed by atoms with Crippen LogP contribution in [0.1, 0.15) is 29.7 Å². The molecule has 1 unspecified atom stereocenters. The van der Waals surface area contributed by atoms with E-state index in [1.54, 1.807) is 6.07 Å². The molecular formula is C18H21NO3S. The van der Waals surface area contributed by atoms with Crippen molar-refractivity contribution < 1.29 is 13.2 Å². The topological polar surface area (TPSA) is 63.2 Å². The van der Waals surface area contributed by atoms with Crippen LogP contribution >= 0.6 is 0 Å². The largest absolute Gasteiger partial charge is 0.349 e. The summed E-state index contributed by atoms with van der Waals surface area (Å²) >= 11 is 0. The maximum atomic E-state index is 12.2. The van der Waals surface area contributed by atoms with Crippen molar-refractivity contribution >= 4 is 15.7 Å². The Hall–Kier alpha value is -2.14. The van der Waals surface area contributed by atoms with Gasteiger partial charge in [-0.05, 0) is 25.0 Å². The Morgan fingerprint density at radius 1 is 1.09 bits per heavy atom. The Labute approximate surface area is 137 Å². The summed E-state index contributed by atoms with van der Waals surface area (Å²) in [5.41, 5.74) is 2.64. The normalized spacial score (nSPS) is 12.6. The summed E-state index contributed by atoms with van der Waals surface area (Å²) in [6.45, 7) is 3.74. The van der Waals surface area contributed by atoms with Crippen LogP contribution in [0.15, 0.2) is 54.6 Å². The molecule has 4 nitrogen and oxygen atoms in total. The number of rotatable bonds is 6. The van der Waals surface area contributed by atoms with E-state index in [-0.39, 0.29) is 11.8 Å². The highest BCUT2D eigenvalue weighted by atomic mass is 32.2. The van der Waals surface area contributed by atoms with Crippen LogP contribution in [0.25, 0.3) is 0 Å². The van der Waals surface area contributed by atoms with Crippen LogP contribution < -0.4 is 5.32 Å². The lowest BCUT2D eigenvalue weighted by atomic mass is 10.1. The molecule has 0 saturated heterocycles. The Morgan fingerprint density at radius 2 is 1.78 bits per heavy atom. The molecule has 0 saturated carbocycles. The van der Waals surface area contributed by atoms with Gasteiger partial charge in [-0.15, -0.1) is 0 Å². The van der Waals surface area contributed by atoms with Gasteiger partial charge in [0.2, 0.25) is 5.91 Å². The Morgan fingerprint density at radius 3 is 2.43 bits per heavy atom. The molecule has 1 atom stereocenters. The molecule has 0 aliphatic heterocycles. The van der Waals surface area contributed by atoms with E-state index in [4.69, 9.17) is 0 Å². The molecular weight excluding hydrogens is 310 g/mol. The van der Waals surface area contributed by atoms with Crippen molar-refractivity contribution in [1.29, 1.82) is 0 Å². The van der Waals surface area contributed by atoms with Gasteiger partial charge in [0.15, 0.2) is 9.84 Å². The maximum absolute atomic E-state index is 12.2. The molecule has 0 aliphatic carbocycles. The molecule has 0 heterocycles. The summed E-state index contributed by atoms with van der Waals surface area (Å²) < 4.78 is 24.4. The van der Waals surface area contributed by atoms with E-state index in [0.717, 1.165) is 11.1 Å². The number of carbonyl (C=O) groups excluding carboxylic acids is 1. The molecule has 5 heteroatoms.